The largest absolute Gasteiger partial charge is 0.351 e. The van der Waals surface area contributed by atoms with Crippen molar-refractivity contribution < 1.29 is 0 Å². The van der Waals surface area contributed by atoms with Crippen molar-refractivity contribution in [2.45, 2.75) is 34.1 Å². The Labute approximate surface area is 96.7 Å². The molecule has 0 aliphatic rings. The Morgan fingerprint density at radius 3 is 2.19 bits per heavy atom. The van der Waals surface area contributed by atoms with Gasteiger partial charge in [-0.25, -0.2) is 4.98 Å². The van der Waals surface area contributed by atoms with Gasteiger partial charge in [0.2, 0.25) is 0 Å². The van der Waals surface area contributed by atoms with Gasteiger partial charge in [0.25, 0.3) is 0 Å². The second kappa shape index (κ2) is 4.12. The molecule has 2 nitrogen and oxygen atoms in total. The standard InChI is InChI=1S/C14H18N2/c1-9-5-10(2)12(4)14(11(9)3)6-13-7-15-8-16-13/h5,7-8H,6H2,1-4H3,(H,15,16). The van der Waals surface area contributed by atoms with Crippen LogP contribution in [0.5, 0.6) is 0 Å². The predicted octanol–water partition coefficient (Wildman–Crippen LogP) is 3.23. The molecule has 2 rings (SSSR count). The number of benzene rings is 1. The van der Waals surface area contributed by atoms with Gasteiger partial charge in [-0.2, -0.15) is 0 Å². The van der Waals surface area contributed by atoms with Gasteiger partial charge >= 0.3 is 0 Å². The SMILES string of the molecule is Cc1cc(C)c(C)c(Cc2c[nH]cn2)c1C. The zero-order valence-electron chi connectivity index (χ0n) is 10.4. The first-order chi connectivity index (χ1) is 7.59. The molecule has 84 valence electrons. The molecule has 16 heavy (non-hydrogen) atoms. The van der Waals surface area contributed by atoms with Gasteiger partial charge in [-0.3, -0.25) is 0 Å². The predicted molar refractivity (Wildman–Crippen MR) is 66.8 cm³/mol. The summed E-state index contributed by atoms with van der Waals surface area (Å²) in [5.41, 5.74) is 8.06. The summed E-state index contributed by atoms with van der Waals surface area (Å²) in [4.78, 5) is 7.30. The highest BCUT2D eigenvalue weighted by Crippen LogP contribution is 2.23. The number of imidazole rings is 1. The average molecular weight is 214 g/mol. The van der Waals surface area contributed by atoms with Gasteiger partial charge in [-0.05, 0) is 55.5 Å². The summed E-state index contributed by atoms with van der Waals surface area (Å²) in [6, 6.07) is 2.26. The van der Waals surface area contributed by atoms with Crippen LogP contribution in [0.25, 0.3) is 0 Å². The van der Waals surface area contributed by atoms with Crippen molar-refractivity contribution in [1.82, 2.24) is 9.97 Å². The molecule has 0 saturated carbocycles. The van der Waals surface area contributed by atoms with E-state index >= 15 is 0 Å². The fraction of sp³-hybridized carbons (Fsp3) is 0.357. The first kappa shape index (κ1) is 10.9. The molecule has 0 amide bonds. The number of nitrogens with zero attached hydrogens (tertiary/aromatic N) is 1. The summed E-state index contributed by atoms with van der Waals surface area (Å²) in [6.45, 7) is 8.75. The van der Waals surface area contributed by atoms with Gasteiger partial charge in [0, 0.05) is 12.6 Å². The highest BCUT2D eigenvalue weighted by molar-refractivity contribution is 5.45. The second-order valence-electron chi connectivity index (χ2n) is 4.48. The van der Waals surface area contributed by atoms with Crippen LogP contribution in [-0.4, -0.2) is 9.97 Å². The summed E-state index contributed by atoms with van der Waals surface area (Å²) in [5.74, 6) is 0. The number of rotatable bonds is 2. The van der Waals surface area contributed by atoms with Crippen molar-refractivity contribution in [2.75, 3.05) is 0 Å². The Hall–Kier alpha value is -1.57. The second-order valence-corrected chi connectivity index (χ2v) is 4.48. The van der Waals surface area contributed by atoms with Crippen LogP contribution in [0.1, 0.15) is 33.5 Å². The highest BCUT2D eigenvalue weighted by atomic mass is 14.9. The third kappa shape index (κ3) is 1.87. The average Bonchev–Trinajstić information content (AvgIpc) is 2.74. The van der Waals surface area contributed by atoms with E-state index in [0.717, 1.165) is 12.1 Å². The molecule has 0 aliphatic carbocycles. The molecule has 1 N–H and O–H groups in total. The Balaban J connectivity index is 2.47. The molecule has 1 aromatic heterocycles. The van der Waals surface area contributed by atoms with E-state index < -0.39 is 0 Å². The molecule has 1 heterocycles. The number of aryl methyl sites for hydroxylation is 2. The van der Waals surface area contributed by atoms with E-state index in [9.17, 15) is 0 Å². The van der Waals surface area contributed by atoms with Crippen LogP contribution >= 0.6 is 0 Å². The number of aromatic nitrogens is 2. The number of aromatic amines is 1. The lowest BCUT2D eigenvalue weighted by molar-refractivity contribution is 1.04. The minimum atomic E-state index is 0.920. The zero-order chi connectivity index (χ0) is 11.7. The number of nitrogens with one attached hydrogen (secondary N) is 1. The van der Waals surface area contributed by atoms with E-state index in [1.807, 2.05) is 6.20 Å². The first-order valence-electron chi connectivity index (χ1n) is 5.63. The molecule has 0 radical (unpaired) electrons. The van der Waals surface area contributed by atoms with E-state index in [1.165, 1.54) is 27.8 Å². The van der Waals surface area contributed by atoms with Crippen LogP contribution in [0.4, 0.5) is 0 Å². The molecule has 0 saturated heterocycles. The minimum absolute atomic E-state index is 0.920. The zero-order valence-corrected chi connectivity index (χ0v) is 10.4. The molecule has 0 aliphatic heterocycles. The Morgan fingerprint density at radius 1 is 1.06 bits per heavy atom. The Morgan fingerprint density at radius 2 is 1.69 bits per heavy atom. The molecular weight excluding hydrogens is 196 g/mol. The van der Waals surface area contributed by atoms with E-state index in [1.54, 1.807) is 6.33 Å². The van der Waals surface area contributed by atoms with Crippen LogP contribution in [0, 0.1) is 27.7 Å². The van der Waals surface area contributed by atoms with Crippen molar-refractivity contribution in [3.8, 4) is 0 Å². The summed E-state index contributed by atoms with van der Waals surface area (Å²) >= 11 is 0. The van der Waals surface area contributed by atoms with Gasteiger partial charge in [-0.1, -0.05) is 6.07 Å². The molecule has 0 unspecified atom stereocenters. The van der Waals surface area contributed by atoms with E-state index in [4.69, 9.17) is 0 Å². The third-order valence-corrected chi connectivity index (χ3v) is 3.43. The van der Waals surface area contributed by atoms with Gasteiger partial charge in [-0.15, -0.1) is 0 Å². The van der Waals surface area contributed by atoms with Crippen molar-refractivity contribution in [3.05, 3.63) is 52.1 Å². The lowest BCUT2D eigenvalue weighted by Gasteiger charge is -2.14. The van der Waals surface area contributed by atoms with Crippen molar-refractivity contribution in [3.63, 3.8) is 0 Å². The van der Waals surface area contributed by atoms with Gasteiger partial charge in [0.15, 0.2) is 0 Å². The van der Waals surface area contributed by atoms with Crippen LogP contribution in [0.15, 0.2) is 18.6 Å². The molecule has 1 aromatic carbocycles. The van der Waals surface area contributed by atoms with Crippen molar-refractivity contribution in [2.24, 2.45) is 0 Å². The maximum Gasteiger partial charge on any atom is 0.0923 e. The highest BCUT2D eigenvalue weighted by Gasteiger charge is 2.09. The summed E-state index contributed by atoms with van der Waals surface area (Å²) in [7, 11) is 0. The molecular formula is C14H18N2. The number of hydrogen-bond donors (Lipinski definition) is 1. The third-order valence-electron chi connectivity index (χ3n) is 3.43. The molecule has 2 heteroatoms. The normalized spacial score (nSPS) is 10.8. The maximum absolute atomic E-state index is 4.30. The van der Waals surface area contributed by atoms with Crippen molar-refractivity contribution in [1.29, 1.82) is 0 Å². The van der Waals surface area contributed by atoms with E-state index in [2.05, 4.69) is 43.7 Å². The van der Waals surface area contributed by atoms with Crippen LogP contribution in [0.3, 0.4) is 0 Å². The first-order valence-corrected chi connectivity index (χ1v) is 5.63. The smallest absolute Gasteiger partial charge is 0.0923 e. The van der Waals surface area contributed by atoms with E-state index in [0.29, 0.717) is 0 Å². The van der Waals surface area contributed by atoms with Gasteiger partial charge < -0.3 is 4.98 Å². The monoisotopic (exact) mass is 214 g/mol. The Kier molecular flexibility index (Phi) is 2.82. The fourth-order valence-corrected chi connectivity index (χ4v) is 2.13. The van der Waals surface area contributed by atoms with Crippen LogP contribution in [0.2, 0.25) is 0 Å². The quantitative estimate of drug-likeness (QED) is 0.817. The fourth-order valence-electron chi connectivity index (χ4n) is 2.13. The maximum atomic E-state index is 4.30. The lowest BCUT2D eigenvalue weighted by Crippen LogP contribution is -2.00. The summed E-state index contributed by atoms with van der Waals surface area (Å²) < 4.78 is 0. The van der Waals surface area contributed by atoms with Gasteiger partial charge in [0.1, 0.15) is 0 Å². The van der Waals surface area contributed by atoms with E-state index in [-0.39, 0.29) is 0 Å². The summed E-state index contributed by atoms with van der Waals surface area (Å²) in [6.07, 6.45) is 4.63. The number of hydrogen-bond acceptors (Lipinski definition) is 1. The topological polar surface area (TPSA) is 28.7 Å². The minimum Gasteiger partial charge on any atom is -0.351 e. The number of H-pyrrole nitrogens is 1. The molecule has 2 aromatic rings. The molecule has 0 spiro atoms. The van der Waals surface area contributed by atoms with Crippen LogP contribution in [-0.2, 0) is 6.42 Å². The molecule has 0 fully saturated rings. The van der Waals surface area contributed by atoms with Crippen molar-refractivity contribution >= 4 is 0 Å². The molecule has 0 atom stereocenters. The Bertz CT molecular complexity index is 470. The molecule has 0 bridgehead atoms. The summed E-state index contributed by atoms with van der Waals surface area (Å²) in [5, 5.41) is 0. The van der Waals surface area contributed by atoms with Gasteiger partial charge in [0.05, 0.1) is 12.0 Å². The van der Waals surface area contributed by atoms with Crippen LogP contribution < -0.4 is 0 Å². The lowest BCUT2D eigenvalue weighted by atomic mass is 9.92.